The number of hydrogen-bond acceptors (Lipinski definition) is 6. The lowest BCUT2D eigenvalue weighted by atomic mass is 10.1. The smallest absolute Gasteiger partial charge is 0.329 e. The average Bonchev–Trinajstić information content (AvgIpc) is 3.53. The lowest BCUT2D eigenvalue weighted by molar-refractivity contribution is -0.155. The number of esters is 1. The van der Waals surface area contributed by atoms with Gasteiger partial charge in [-0.05, 0) is 43.0 Å². The summed E-state index contributed by atoms with van der Waals surface area (Å²) in [5, 5.41) is 7.09. The number of para-hydroxylation sites is 1. The molecule has 196 valence electrons. The molecule has 2 heterocycles. The van der Waals surface area contributed by atoms with Crippen LogP contribution in [0.4, 0.5) is 5.69 Å². The Morgan fingerprint density at radius 3 is 2.26 bits per heavy atom. The highest BCUT2D eigenvalue weighted by atomic mass is 32.1. The summed E-state index contributed by atoms with van der Waals surface area (Å²) >= 11 is 1.25. The van der Waals surface area contributed by atoms with Crippen molar-refractivity contribution in [3.8, 4) is 5.69 Å². The Bertz CT molecular complexity index is 1480. The molecule has 38 heavy (non-hydrogen) atoms. The fourth-order valence-corrected chi connectivity index (χ4v) is 4.55. The van der Waals surface area contributed by atoms with Crippen LogP contribution < -0.4 is 16.2 Å². The Morgan fingerprint density at radius 1 is 0.974 bits per heavy atom. The third-order valence-corrected chi connectivity index (χ3v) is 6.95. The molecule has 0 fully saturated rings. The quantitative estimate of drug-likeness (QED) is 0.321. The number of benzene rings is 2. The molecule has 9 nitrogen and oxygen atoms in total. The first kappa shape index (κ1) is 26.6. The second-order valence-electron chi connectivity index (χ2n) is 8.70. The molecule has 0 bridgehead atoms. The SMILES string of the molecule is Cc1c(NC(=O)[C@@H](C)OC(=O)[C@@H](Cc2ccccc2)NC(=O)c2cccs2)c(=O)n(-c2ccccc2)n1C. The molecule has 0 saturated carbocycles. The second kappa shape index (κ2) is 11.7. The first-order valence-electron chi connectivity index (χ1n) is 12.0. The van der Waals surface area contributed by atoms with E-state index in [4.69, 9.17) is 4.74 Å². The maximum absolute atomic E-state index is 13.1. The highest BCUT2D eigenvalue weighted by Gasteiger charge is 2.28. The first-order valence-corrected chi connectivity index (χ1v) is 12.9. The number of carbonyl (C=O) groups is 3. The number of aromatic nitrogens is 2. The van der Waals surface area contributed by atoms with Gasteiger partial charge in [0.2, 0.25) is 0 Å². The molecule has 2 atom stereocenters. The Hall–Kier alpha value is -4.44. The van der Waals surface area contributed by atoms with E-state index in [-0.39, 0.29) is 12.1 Å². The number of carbonyl (C=O) groups excluding carboxylic acids is 3. The first-order chi connectivity index (χ1) is 18.3. The van der Waals surface area contributed by atoms with Crippen LogP contribution in [0.15, 0.2) is 83.0 Å². The number of thiophene rings is 1. The molecule has 0 aliphatic rings. The minimum Gasteiger partial charge on any atom is -0.451 e. The number of nitrogens with zero attached hydrogens (tertiary/aromatic N) is 2. The molecule has 2 N–H and O–H groups in total. The number of nitrogens with one attached hydrogen (secondary N) is 2. The summed E-state index contributed by atoms with van der Waals surface area (Å²) < 4.78 is 8.54. The summed E-state index contributed by atoms with van der Waals surface area (Å²) in [5.41, 5.74) is 1.69. The number of ether oxygens (including phenoxy) is 1. The maximum Gasteiger partial charge on any atom is 0.329 e. The van der Waals surface area contributed by atoms with Crippen molar-refractivity contribution in [3.63, 3.8) is 0 Å². The molecule has 2 aromatic heterocycles. The zero-order valence-corrected chi connectivity index (χ0v) is 22.0. The van der Waals surface area contributed by atoms with Crippen molar-refractivity contribution in [3.05, 3.63) is 105 Å². The van der Waals surface area contributed by atoms with Gasteiger partial charge in [-0.1, -0.05) is 54.6 Å². The summed E-state index contributed by atoms with van der Waals surface area (Å²) in [7, 11) is 1.72. The topological polar surface area (TPSA) is 111 Å². The van der Waals surface area contributed by atoms with E-state index in [0.717, 1.165) is 5.56 Å². The zero-order valence-electron chi connectivity index (χ0n) is 21.2. The molecule has 4 rings (SSSR count). The Balaban J connectivity index is 1.48. The van der Waals surface area contributed by atoms with Crippen LogP contribution in [0.5, 0.6) is 0 Å². The lowest BCUT2D eigenvalue weighted by Crippen LogP contribution is -2.45. The van der Waals surface area contributed by atoms with Crippen LogP contribution in [0.3, 0.4) is 0 Å². The minimum absolute atomic E-state index is 0.0936. The summed E-state index contributed by atoms with van der Waals surface area (Å²) in [4.78, 5) is 52.3. The van der Waals surface area contributed by atoms with Crippen LogP contribution in [0, 0.1) is 6.92 Å². The number of hydrogen-bond donors (Lipinski definition) is 2. The van der Waals surface area contributed by atoms with Crippen LogP contribution >= 0.6 is 11.3 Å². The molecular formula is C28H28N4O5S. The van der Waals surface area contributed by atoms with Crippen molar-refractivity contribution >= 4 is 34.8 Å². The van der Waals surface area contributed by atoms with E-state index in [0.29, 0.717) is 16.3 Å². The molecular weight excluding hydrogens is 504 g/mol. The van der Waals surface area contributed by atoms with Gasteiger partial charge in [0.05, 0.1) is 16.3 Å². The minimum atomic E-state index is -1.22. The highest BCUT2D eigenvalue weighted by Crippen LogP contribution is 2.15. The fraction of sp³-hybridized carbons (Fsp3) is 0.214. The molecule has 10 heteroatoms. The van der Waals surface area contributed by atoms with E-state index in [9.17, 15) is 19.2 Å². The summed E-state index contributed by atoms with van der Waals surface area (Å²) in [6.45, 7) is 3.13. The predicted molar refractivity (Wildman–Crippen MR) is 146 cm³/mol. The number of anilines is 1. The molecule has 2 aromatic carbocycles. The average molecular weight is 533 g/mol. The van der Waals surface area contributed by atoms with Gasteiger partial charge in [-0.15, -0.1) is 11.3 Å². The van der Waals surface area contributed by atoms with E-state index < -0.39 is 35.5 Å². The second-order valence-corrected chi connectivity index (χ2v) is 9.65. The van der Waals surface area contributed by atoms with E-state index in [1.54, 1.807) is 48.3 Å². The van der Waals surface area contributed by atoms with E-state index in [1.165, 1.54) is 22.9 Å². The van der Waals surface area contributed by atoms with Gasteiger partial charge in [0, 0.05) is 13.5 Å². The van der Waals surface area contributed by atoms with Crippen LogP contribution in [-0.2, 0) is 27.8 Å². The monoisotopic (exact) mass is 532 g/mol. The van der Waals surface area contributed by atoms with Gasteiger partial charge >= 0.3 is 5.97 Å². The Morgan fingerprint density at radius 2 is 1.63 bits per heavy atom. The molecule has 2 amide bonds. The van der Waals surface area contributed by atoms with Gasteiger partial charge in [0.25, 0.3) is 17.4 Å². The van der Waals surface area contributed by atoms with Crippen molar-refractivity contribution in [2.24, 2.45) is 7.05 Å². The van der Waals surface area contributed by atoms with Crippen LogP contribution in [0.25, 0.3) is 5.69 Å². The normalized spacial score (nSPS) is 12.4. The fourth-order valence-electron chi connectivity index (χ4n) is 3.93. The van der Waals surface area contributed by atoms with Crippen molar-refractivity contribution in [2.75, 3.05) is 5.32 Å². The van der Waals surface area contributed by atoms with E-state index >= 15 is 0 Å². The lowest BCUT2D eigenvalue weighted by Gasteiger charge is -2.20. The number of amides is 2. The van der Waals surface area contributed by atoms with Crippen LogP contribution in [-0.4, -0.2) is 39.3 Å². The van der Waals surface area contributed by atoms with Gasteiger partial charge in [-0.25, -0.2) is 9.48 Å². The maximum atomic E-state index is 13.1. The highest BCUT2D eigenvalue weighted by molar-refractivity contribution is 7.12. The molecule has 4 aromatic rings. The third-order valence-electron chi connectivity index (χ3n) is 6.08. The third kappa shape index (κ3) is 5.92. The summed E-state index contributed by atoms with van der Waals surface area (Å²) in [6.07, 6.45) is -1.03. The van der Waals surface area contributed by atoms with E-state index in [2.05, 4.69) is 10.6 Å². The van der Waals surface area contributed by atoms with Crippen molar-refractivity contribution < 1.29 is 19.1 Å². The molecule has 0 unspecified atom stereocenters. The van der Waals surface area contributed by atoms with Crippen molar-refractivity contribution in [1.82, 2.24) is 14.7 Å². The summed E-state index contributed by atoms with van der Waals surface area (Å²) in [5.74, 6) is -1.82. The van der Waals surface area contributed by atoms with Crippen molar-refractivity contribution in [2.45, 2.75) is 32.4 Å². The number of rotatable bonds is 9. The van der Waals surface area contributed by atoms with Gasteiger partial charge in [-0.3, -0.25) is 19.1 Å². The van der Waals surface area contributed by atoms with Crippen LogP contribution in [0.2, 0.25) is 0 Å². The standard InChI is InChI=1S/C28H28N4O5S/c1-18-24(27(35)32(31(18)3)21-13-8-5-9-14-21)30-25(33)19(2)37-28(36)22(17-20-11-6-4-7-12-20)29-26(34)23-15-10-16-38-23/h4-16,19,22H,17H2,1-3H3,(H,29,34)(H,30,33)/t19-,22-/m1/s1. The molecule has 0 saturated heterocycles. The molecule has 0 aliphatic carbocycles. The Kier molecular flexibility index (Phi) is 8.22. The van der Waals surface area contributed by atoms with Gasteiger partial charge in [-0.2, -0.15) is 0 Å². The van der Waals surface area contributed by atoms with Gasteiger partial charge < -0.3 is 15.4 Å². The zero-order chi connectivity index (χ0) is 27.2. The van der Waals surface area contributed by atoms with E-state index in [1.807, 2.05) is 48.5 Å². The predicted octanol–water partition coefficient (Wildman–Crippen LogP) is 3.46. The molecule has 0 radical (unpaired) electrons. The molecule has 0 aliphatic heterocycles. The Labute approximate surface area is 223 Å². The van der Waals surface area contributed by atoms with Gasteiger partial charge in [0.1, 0.15) is 11.7 Å². The molecule has 0 spiro atoms. The van der Waals surface area contributed by atoms with Gasteiger partial charge in [0.15, 0.2) is 6.10 Å². The van der Waals surface area contributed by atoms with Crippen LogP contribution in [0.1, 0.15) is 27.9 Å². The summed E-state index contributed by atoms with van der Waals surface area (Å²) in [6, 6.07) is 20.6. The largest absolute Gasteiger partial charge is 0.451 e. The van der Waals surface area contributed by atoms with Crippen molar-refractivity contribution in [1.29, 1.82) is 0 Å².